The number of carbonyl (C=O) groups is 1. The molecule has 5 nitrogen and oxygen atoms in total. The first-order chi connectivity index (χ1) is 11.6. The maximum Gasteiger partial charge on any atom is 0.331 e. The number of hydrogen-bond acceptors (Lipinski definition) is 4. The summed E-state index contributed by atoms with van der Waals surface area (Å²) in [5, 5.41) is 21.0. The van der Waals surface area contributed by atoms with Crippen molar-refractivity contribution in [3.05, 3.63) is 59.7 Å². The predicted octanol–water partition coefficient (Wildman–Crippen LogP) is 2.15. The van der Waals surface area contributed by atoms with Gasteiger partial charge in [-0.2, -0.15) is 0 Å². The number of fused-ring (bicyclic) bond motifs is 3. The molecular formula is C19H16NO4-. The Morgan fingerprint density at radius 3 is 2.17 bits per heavy atom. The molecule has 0 spiro atoms. The second-order valence-electron chi connectivity index (χ2n) is 6.25. The minimum absolute atomic E-state index is 0.0449. The van der Waals surface area contributed by atoms with Crippen LogP contribution in [0, 0.1) is 0 Å². The summed E-state index contributed by atoms with van der Waals surface area (Å²) in [6.45, 7) is 0.159. The normalized spacial score (nSPS) is 17.9. The fourth-order valence-corrected chi connectivity index (χ4v) is 3.29. The zero-order chi connectivity index (χ0) is 16.7. The monoisotopic (exact) mass is 322 g/mol. The highest BCUT2D eigenvalue weighted by molar-refractivity contribution is 5.85. The Balaban J connectivity index is 1.57. The van der Waals surface area contributed by atoms with Crippen LogP contribution in [0.25, 0.3) is 11.1 Å². The lowest BCUT2D eigenvalue weighted by Gasteiger charge is -2.21. The van der Waals surface area contributed by atoms with Gasteiger partial charge in [-0.3, -0.25) is 4.99 Å². The van der Waals surface area contributed by atoms with Gasteiger partial charge < -0.3 is 14.9 Å². The molecule has 0 radical (unpaired) electrons. The number of hydrogen-bond donors (Lipinski definition) is 1. The lowest BCUT2D eigenvalue weighted by Crippen LogP contribution is -2.30. The van der Waals surface area contributed by atoms with Crippen LogP contribution in [0.5, 0.6) is 0 Å². The summed E-state index contributed by atoms with van der Waals surface area (Å²) in [7, 11) is 0. The predicted molar refractivity (Wildman–Crippen MR) is 86.7 cm³/mol. The third-order valence-corrected chi connectivity index (χ3v) is 4.76. The van der Waals surface area contributed by atoms with Gasteiger partial charge >= 0.3 is 5.97 Å². The Morgan fingerprint density at radius 2 is 1.67 bits per heavy atom. The van der Waals surface area contributed by atoms with Crippen molar-refractivity contribution in [3.63, 3.8) is 0 Å². The van der Waals surface area contributed by atoms with E-state index in [0.29, 0.717) is 12.8 Å². The van der Waals surface area contributed by atoms with Crippen LogP contribution in [0.2, 0.25) is 0 Å². The van der Waals surface area contributed by atoms with Crippen LogP contribution in [0.4, 0.5) is 0 Å². The number of aliphatic imine (C=N–C) groups is 1. The molecule has 2 aromatic rings. The van der Waals surface area contributed by atoms with Crippen molar-refractivity contribution in [2.75, 3.05) is 6.61 Å². The molecule has 2 aliphatic carbocycles. The molecule has 5 heteroatoms. The first-order valence-corrected chi connectivity index (χ1v) is 7.92. The molecule has 2 aliphatic rings. The van der Waals surface area contributed by atoms with Crippen LogP contribution in [0.15, 0.2) is 53.5 Å². The first-order valence-electron chi connectivity index (χ1n) is 7.92. The van der Waals surface area contributed by atoms with E-state index in [-0.39, 0.29) is 12.5 Å². The lowest BCUT2D eigenvalue weighted by molar-refractivity contribution is -0.251. The van der Waals surface area contributed by atoms with Crippen molar-refractivity contribution in [1.82, 2.24) is 0 Å². The van der Waals surface area contributed by atoms with E-state index in [1.54, 1.807) is 0 Å². The van der Waals surface area contributed by atoms with Gasteiger partial charge in [0.25, 0.3) is 0 Å². The van der Waals surface area contributed by atoms with Gasteiger partial charge in [-0.05, 0) is 35.1 Å². The number of carboxylic acid groups (broad SMARTS) is 1. The van der Waals surface area contributed by atoms with E-state index in [1.165, 1.54) is 0 Å². The summed E-state index contributed by atoms with van der Waals surface area (Å²) in [5.41, 5.74) is 3.28. The van der Waals surface area contributed by atoms with Crippen molar-refractivity contribution in [2.24, 2.45) is 4.99 Å². The Bertz CT molecular complexity index is 793. The Kier molecular flexibility index (Phi) is 3.30. The third-order valence-electron chi connectivity index (χ3n) is 4.76. The zero-order valence-electron chi connectivity index (χ0n) is 12.9. The van der Waals surface area contributed by atoms with Crippen molar-refractivity contribution in [2.45, 2.75) is 24.3 Å². The first kappa shape index (κ1) is 14.8. The van der Waals surface area contributed by atoms with Gasteiger partial charge in [0.2, 0.25) is 0 Å². The molecule has 0 atom stereocenters. The molecule has 1 fully saturated rings. The Morgan fingerprint density at radius 1 is 1.12 bits per heavy atom. The quantitative estimate of drug-likeness (QED) is 0.691. The second kappa shape index (κ2) is 5.37. The molecule has 24 heavy (non-hydrogen) atoms. The van der Waals surface area contributed by atoms with E-state index in [4.69, 9.17) is 9.84 Å². The minimum atomic E-state index is -1.25. The molecule has 1 N–H and O–H groups in total. The van der Waals surface area contributed by atoms with Gasteiger partial charge in [-0.15, -0.1) is 0 Å². The maximum absolute atomic E-state index is 11.9. The fourth-order valence-electron chi connectivity index (χ4n) is 3.29. The molecule has 2 aromatic carbocycles. The van der Waals surface area contributed by atoms with E-state index >= 15 is 0 Å². The number of ether oxygens (including phenoxy) is 1. The number of nitrogens with zero attached hydrogens (tertiary/aromatic N) is 1. The van der Waals surface area contributed by atoms with Gasteiger partial charge in [0.1, 0.15) is 6.08 Å². The van der Waals surface area contributed by atoms with Crippen molar-refractivity contribution in [1.29, 1.82) is 0 Å². The van der Waals surface area contributed by atoms with E-state index in [1.807, 2.05) is 36.4 Å². The molecule has 0 amide bonds. The van der Waals surface area contributed by atoms with Crippen LogP contribution >= 0.6 is 0 Å². The van der Waals surface area contributed by atoms with Gasteiger partial charge in [0.05, 0.1) is 0 Å². The lowest BCUT2D eigenvalue weighted by atomic mass is 9.98. The van der Waals surface area contributed by atoms with Gasteiger partial charge in [-0.25, -0.2) is 4.79 Å². The highest BCUT2D eigenvalue weighted by Gasteiger charge is 2.50. The molecule has 0 heterocycles. The van der Waals surface area contributed by atoms with Crippen LogP contribution < -0.4 is 5.11 Å². The average Bonchev–Trinajstić information content (AvgIpc) is 3.30. The van der Waals surface area contributed by atoms with E-state index in [2.05, 4.69) is 17.1 Å². The van der Waals surface area contributed by atoms with E-state index in [0.717, 1.165) is 22.3 Å². The topological polar surface area (TPSA) is 82.0 Å². The standard InChI is InChI=1S/C19H17NO4/c21-17(22)19(9-10-19)20-18(23)24-11-16-14-7-3-1-5-12(14)13-6-2-4-8-15(13)16/h1-8,16H,9-11H2,(H,20,23)(H,21,22)/p-1. The number of rotatable bonds is 4. The summed E-state index contributed by atoms with van der Waals surface area (Å²) in [6, 6.07) is 16.1. The summed E-state index contributed by atoms with van der Waals surface area (Å²) in [4.78, 5) is 14.8. The minimum Gasteiger partial charge on any atom is -0.599 e. The molecule has 4 rings (SSSR count). The smallest absolute Gasteiger partial charge is 0.331 e. The van der Waals surface area contributed by atoms with Crippen molar-refractivity contribution >= 4 is 12.1 Å². The fraction of sp³-hybridized carbons (Fsp3) is 0.263. The van der Waals surface area contributed by atoms with E-state index < -0.39 is 17.6 Å². The SMILES string of the molecule is O=C(O)C1(N=C([O-])OCC2c3ccccc3-c3ccccc32)CC1. The van der Waals surface area contributed by atoms with Crippen molar-refractivity contribution in [3.8, 4) is 11.1 Å². The molecule has 0 unspecified atom stereocenters. The third kappa shape index (κ3) is 2.33. The molecule has 122 valence electrons. The molecular weight excluding hydrogens is 306 g/mol. The average molecular weight is 322 g/mol. The summed E-state index contributed by atoms with van der Waals surface area (Å²) >= 11 is 0. The zero-order valence-corrected chi connectivity index (χ0v) is 12.9. The van der Waals surface area contributed by atoms with Crippen molar-refractivity contribution < 1.29 is 19.7 Å². The highest BCUT2D eigenvalue weighted by atomic mass is 16.6. The Labute approximate surface area is 139 Å². The number of aliphatic carboxylic acids is 1. The summed E-state index contributed by atoms with van der Waals surface area (Å²) in [5.74, 6) is -1.10. The molecule has 0 bridgehead atoms. The number of carboxylic acids is 1. The van der Waals surface area contributed by atoms with Gasteiger partial charge in [0.15, 0.2) is 5.54 Å². The summed E-state index contributed by atoms with van der Waals surface area (Å²) in [6.07, 6.45) is -0.00393. The Hall–Kier alpha value is -2.82. The van der Waals surface area contributed by atoms with Crippen LogP contribution in [0.1, 0.15) is 29.9 Å². The van der Waals surface area contributed by atoms with Crippen LogP contribution in [-0.2, 0) is 9.53 Å². The molecule has 0 aliphatic heterocycles. The summed E-state index contributed by atoms with van der Waals surface area (Å²) < 4.78 is 5.30. The molecule has 0 saturated heterocycles. The highest BCUT2D eigenvalue weighted by Crippen LogP contribution is 2.44. The number of benzene rings is 2. The van der Waals surface area contributed by atoms with E-state index in [9.17, 15) is 9.90 Å². The maximum atomic E-state index is 11.9. The molecule has 1 saturated carbocycles. The van der Waals surface area contributed by atoms with Gasteiger partial charge in [-0.1, -0.05) is 48.5 Å². The second-order valence-corrected chi connectivity index (χ2v) is 6.25. The largest absolute Gasteiger partial charge is 0.599 e. The van der Waals surface area contributed by atoms with Crippen LogP contribution in [0.3, 0.4) is 0 Å². The molecule has 0 aromatic heterocycles. The van der Waals surface area contributed by atoms with Gasteiger partial charge in [0, 0.05) is 12.5 Å². The van der Waals surface area contributed by atoms with Crippen LogP contribution in [-0.4, -0.2) is 29.3 Å².